The Labute approximate surface area is 193 Å². The molecule has 2 N–H and O–H groups in total. The lowest BCUT2D eigenvalue weighted by Gasteiger charge is -2.31. The molecule has 0 spiro atoms. The van der Waals surface area contributed by atoms with E-state index in [4.69, 9.17) is 0 Å². The van der Waals surface area contributed by atoms with Crippen LogP contribution in [0.25, 0.3) is 0 Å². The normalized spacial score (nSPS) is 16.1. The van der Waals surface area contributed by atoms with Crippen LogP contribution in [0.2, 0.25) is 0 Å². The standard InChI is InChI=1S/C19H30N6S2.HI/c1-13-14(2)27-18(23-13)10-22-19(20-4)21-9-16-5-7-25(8-6-16)11-17-12-26-15(3)24-17;/h12,16H,5-11H2,1-4H3,(H2,20,21,22);1H. The first-order valence-corrected chi connectivity index (χ1v) is 11.2. The Kier molecular flexibility index (Phi) is 9.58. The van der Waals surface area contributed by atoms with Crippen molar-refractivity contribution in [2.24, 2.45) is 10.9 Å². The van der Waals surface area contributed by atoms with E-state index in [0.29, 0.717) is 5.92 Å². The molecule has 28 heavy (non-hydrogen) atoms. The highest BCUT2D eigenvalue weighted by Crippen LogP contribution is 2.19. The van der Waals surface area contributed by atoms with E-state index in [0.717, 1.165) is 54.4 Å². The molecule has 0 atom stereocenters. The third-order valence-electron chi connectivity index (χ3n) is 5.02. The zero-order valence-corrected chi connectivity index (χ0v) is 21.1. The minimum atomic E-state index is 0. The van der Waals surface area contributed by atoms with Crippen molar-refractivity contribution in [1.29, 1.82) is 0 Å². The topological polar surface area (TPSA) is 65.4 Å². The molecule has 3 heterocycles. The van der Waals surface area contributed by atoms with Gasteiger partial charge in [0.05, 0.1) is 22.9 Å². The molecule has 6 nitrogen and oxygen atoms in total. The summed E-state index contributed by atoms with van der Waals surface area (Å²) in [5.74, 6) is 1.56. The molecule has 0 saturated carbocycles. The fraction of sp³-hybridized carbons (Fsp3) is 0.632. The monoisotopic (exact) mass is 534 g/mol. The van der Waals surface area contributed by atoms with E-state index in [1.54, 1.807) is 22.7 Å². The minimum Gasteiger partial charge on any atom is -0.356 e. The van der Waals surface area contributed by atoms with Crippen molar-refractivity contribution < 1.29 is 0 Å². The number of aryl methyl sites for hydroxylation is 3. The summed E-state index contributed by atoms with van der Waals surface area (Å²) in [6, 6.07) is 0. The first-order valence-electron chi connectivity index (χ1n) is 9.54. The Morgan fingerprint density at radius 2 is 1.96 bits per heavy atom. The van der Waals surface area contributed by atoms with E-state index in [1.165, 1.54) is 23.4 Å². The number of aromatic nitrogens is 2. The van der Waals surface area contributed by atoms with E-state index in [-0.39, 0.29) is 24.0 Å². The van der Waals surface area contributed by atoms with Crippen LogP contribution < -0.4 is 10.6 Å². The van der Waals surface area contributed by atoms with Gasteiger partial charge < -0.3 is 10.6 Å². The fourth-order valence-corrected chi connectivity index (χ4v) is 4.77. The number of hydrogen-bond acceptors (Lipinski definition) is 6. The van der Waals surface area contributed by atoms with Gasteiger partial charge in [0.25, 0.3) is 0 Å². The fourth-order valence-electron chi connectivity index (χ4n) is 3.29. The number of hydrogen-bond donors (Lipinski definition) is 2. The average Bonchev–Trinajstić information content (AvgIpc) is 3.21. The van der Waals surface area contributed by atoms with E-state index >= 15 is 0 Å². The second-order valence-electron chi connectivity index (χ2n) is 7.13. The van der Waals surface area contributed by atoms with Gasteiger partial charge >= 0.3 is 0 Å². The number of guanidine groups is 1. The van der Waals surface area contributed by atoms with Gasteiger partial charge in [-0.3, -0.25) is 9.89 Å². The number of likely N-dealkylation sites (tertiary alicyclic amines) is 1. The molecule has 1 fully saturated rings. The summed E-state index contributed by atoms with van der Waals surface area (Å²) in [6.45, 7) is 11.2. The maximum Gasteiger partial charge on any atom is 0.191 e. The predicted molar refractivity (Wildman–Crippen MR) is 130 cm³/mol. The van der Waals surface area contributed by atoms with Crippen molar-refractivity contribution in [3.8, 4) is 0 Å². The summed E-state index contributed by atoms with van der Waals surface area (Å²) in [6.07, 6.45) is 2.44. The maximum absolute atomic E-state index is 4.58. The molecule has 0 aliphatic carbocycles. The van der Waals surface area contributed by atoms with E-state index < -0.39 is 0 Å². The van der Waals surface area contributed by atoms with E-state index in [1.807, 2.05) is 7.05 Å². The predicted octanol–water partition coefficient (Wildman–Crippen LogP) is 3.72. The third-order valence-corrected chi connectivity index (χ3v) is 6.92. The van der Waals surface area contributed by atoms with E-state index in [9.17, 15) is 0 Å². The second kappa shape index (κ2) is 11.4. The smallest absolute Gasteiger partial charge is 0.191 e. The highest BCUT2D eigenvalue weighted by atomic mass is 127. The molecule has 1 saturated heterocycles. The number of nitrogens with zero attached hydrogens (tertiary/aromatic N) is 4. The summed E-state index contributed by atoms with van der Waals surface area (Å²) in [7, 11) is 1.83. The summed E-state index contributed by atoms with van der Waals surface area (Å²) >= 11 is 3.49. The number of piperidine rings is 1. The summed E-state index contributed by atoms with van der Waals surface area (Å²) in [5.41, 5.74) is 2.34. The lowest BCUT2D eigenvalue weighted by Crippen LogP contribution is -2.42. The van der Waals surface area contributed by atoms with Gasteiger partial charge in [0.15, 0.2) is 5.96 Å². The van der Waals surface area contributed by atoms with Gasteiger partial charge in [-0.05, 0) is 52.6 Å². The molecule has 0 unspecified atom stereocenters. The lowest BCUT2D eigenvalue weighted by molar-refractivity contribution is 0.176. The molecule has 0 aromatic carbocycles. The molecule has 2 aromatic heterocycles. The van der Waals surface area contributed by atoms with E-state index in [2.05, 4.69) is 56.6 Å². The zero-order valence-electron chi connectivity index (χ0n) is 17.1. The van der Waals surface area contributed by atoms with Crippen LogP contribution >= 0.6 is 46.7 Å². The number of rotatable bonds is 6. The largest absolute Gasteiger partial charge is 0.356 e. The van der Waals surface area contributed by atoms with Crippen molar-refractivity contribution in [2.75, 3.05) is 26.7 Å². The first-order chi connectivity index (χ1) is 13.0. The van der Waals surface area contributed by atoms with Crippen molar-refractivity contribution in [2.45, 2.75) is 46.7 Å². The minimum absolute atomic E-state index is 0. The number of halogens is 1. The van der Waals surface area contributed by atoms with Gasteiger partial charge in [-0.15, -0.1) is 46.7 Å². The van der Waals surface area contributed by atoms with Crippen molar-refractivity contribution in [3.05, 3.63) is 31.7 Å². The molecule has 0 radical (unpaired) electrons. The molecule has 9 heteroatoms. The van der Waals surface area contributed by atoms with Crippen LogP contribution in [0.4, 0.5) is 0 Å². The summed E-state index contributed by atoms with van der Waals surface area (Å²) in [4.78, 5) is 17.3. The van der Waals surface area contributed by atoms with Crippen molar-refractivity contribution >= 4 is 52.6 Å². The van der Waals surface area contributed by atoms with Crippen LogP contribution in [-0.2, 0) is 13.1 Å². The highest BCUT2D eigenvalue weighted by molar-refractivity contribution is 14.0. The average molecular weight is 535 g/mol. The molecule has 3 rings (SSSR count). The summed E-state index contributed by atoms with van der Waals surface area (Å²) in [5, 5.41) is 11.3. The molecule has 156 valence electrons. The third kappa shape index (κ3) is 6.93. The van der Waals surface area contributed by atoms with Crippen LogP contribution in [-0.4, -0.2) is 47.5 Å². The zero-order chi connectivity index (χ0) is 19.2. The van der Waals surface area contributed by atoms with Crippen molar-refractivity contribution in [3.63, 3.8) is 0 Å². The quantitative estimate of drug-likeness (QED) is 0.336. The molecule has 1 aliphatic rings. The van der Waals surface area contributed by atoms with Crippen LogP contribution in [0.1, 0.15) is 39.1 Å². The molecular weight excluding hydrogens is 503 g/mol. The van der Waals surface area contributed by atoms with Gasteiger partial charge in [-0.1, -0.05) is 0 Å². The molecule has 1 aliphatic heterocycles. The molecular formula is C19H31IN6S2. The van der Waals surface area contributed by atoms with Crippen LogP contribution in [0.15, 0.2) is 10.4 Å². The Morgan fingerprint density at radius 3 is 2.54 bits per heavy atom. The van der Waals surface area contributed by atoms with Gasteiger partial charge in [0.1, 0.15) is 5.01 Å². The Hall–Kier alpha value is -0.780. The maximum atomic E-state index is 4.58. The van der Waals surface area contributed by atoms with Gasteiger partial charge in [-0.2, -0.15) is 0 Å². The number of aliphatic imine (C=N–C) groups is 1. The number of thiazole rings is 2. The lowest BCUT2D eigenvalue weighted by atomic mass is 9.97. The van der Waals surface area contributed by atoms with Gasteiger partial charge in [-0.25, -0.2) is 9.97 Å². The van der Waals surface area contributed by atoms with Gasteiger partial charge in [0, 0.05) is 30.4 Å². The molecule has 0 amide bonds. The van der Waals surface area contributed by atoms with Crippen molar-refractivity contribution in [1.82, 2.24) is 25.5 Å². The van der Waals surface area contributed by atoms with Crippen LogP contribution in [0.3, 0.4) is 0 Å². The Morgan fingerprint density at radius 1 is 1.21 bits per heavy atom. The second-order valence-corrected chi connectivity index (χ2v) is 9.48. The summed E-state index contributed by atoms with van der Waals surface area (Å²) < 4.78 is 0. The SMILES string of the molecule is CN=C(NCc1nc(C)c(C)s1)NCC1CCN(Cc2csc(C)n2)CC1.I. The first kappa shape index (κ1) is 23.5. The van der Waals surface area contributed by atoms with Gasteiger partial charge in [0.2, 0.25) is 0 Å². The van der Waals surface area contributed by atoms with Crippen LogP contribution in [0, 0.1) is 26.7 Å². The number of nitrogens with one attached hydrogen (secondary N) is 2. The highest BCUT2D eigenvalue weighted by Gasteiger charge is 2.20. The van der Waals surface area contributed by atoms with Crippen LogP contribution in [0.5, 0.6) is 0 Å². The molecule has 0 bridgehead atoms. The Balaban J connectivity index is 0.00000280. The Bertz CT molecular complexity index is 745. The molecule has 2 aromatic rings.